The Morgan fingerprint density at radius 3 is 2.14 bits per heavy atom. The summed E-state index contributed by atoms with van der Waals surface area (Å²) in [5.41, 5.74) is 1.28. The summed E-state index contributed by atoms with van der Waals surface area (Å²) < 4.78 is 7.24. The molecule has 35 heavy (non-hydrogen) atoms. The molecule has 3 aliphatic rings. The van der Waals surface area contributed by atoms with Crippen molar-refractivity contribution in [2.24, 2.45) is 11.8 Å². The van der Waals surface area contributed by atoms with Gasteiger partial charge in [0.1, 0.15) is 0 Å². The molecule has 0 radical (unpaired) electrons. The van der Waals surface area contributed by atoms with Crippen LogP contribution in [0.3, 0.4) is 0 Å². The predicted octanol–water partition coefficient (Wildman–Crippen LogP) is 4.60. The van der Waals surface area contributed by atoms with Gasteiger partial charge < -0.3 is 4.74 Å². The molecule has 2 amide bonds. The number of halogens is 1. The Hall–Kier alpha value is -3.17. The number of carbonyl (C=O) groups excluding carboxylic acids is 4. The Bertz CT molecular complexity index is 1440. The van der Waals surface area contributed by atoms with Gasteiger partial charge in [-0.1, -0.05) is 54.1 Å². The minimum atomic E-state index is -2.06. The van der Waals surface area contributed by atoms with E-state index in [1.54, 1.807) is 36.4 Å². The first kappa shape index (κ1) is 22.3. The lowest BCUT2D eigenvalue weighted by atomic mass is 9.77. The average Bonchev–Trinajstić information content (AvgIpc) is 3.40. The van der Waals surface area contributed by atoms with Crippen molar-refractivity contribution in [1.82, 2.24) is 0 Å². The lowest BCUT2D eigenvalue weighted by molar-refractivity contribution is -0.127. The van der Waals surface area contributed by atoms with Crippen LogP contribution in [0.1, 0.15) is 43.5 Å². The van der Waals surface area contributed by atoms with E-state index in [0.717, 1.165) is 19.6 Å². The summed E-state index contributed by atoms with van der Waals surface area (Å²) in [5, 5.41) is 0. The second-order valence-electron chi connectivity index (χ2n) is 9.34. The number of aryl methyl sites for hydroxylation is 2. The minimum Gasteiger partial charge on any atom is -0.349 e. The van der Waals surface area contributed by atoms with Crippen molar-refractivity contribution in [2.75, 3.05) is 4.90 Å². The van der Waals surface area contributed by atoms with E-state index in [-0.39, 0.29) is 11.1 Å². The lowest BCUT2D eigenvalue weighted by Gasteiger charge is -2.27. The van der Waals surface area contributed by atoms with Crippen LogP contribution in [-0.2, 0) is 14.3 Å². The fraction of sp³-hybridized carbons (Fsp3) is 0.214. The molecule has 2 fully saturated rings. The zero-order valence-corrected chi connectivity index (χ0v) is 21.1. The molecule has 0 aromatic heterocycles. The SMILES string of the molecule is Cc1ccc(N2C(=O)[C@H]3[C@@H](c4cccc(I)c4)OC4(C(=O)c5ccccc5C4=O)[C@@H]3C2=O)c(C)c1. The molecular formula is C28H20INO5. The second kappa shape index (κ2) is 7.66. The Labute approximate surface area is 215 Å². The second-order valence-corrected chi connectivity index (χ2v) is 10.6. The largest absolute Gasteiger partial charge is 0.349 e. The number of hydrogen-bond donors (Lipinski definition) is 0. The maximum absolute atomic E-state index is 14.0. The van der Waals surface area contributed by atoms with Gasteiger partial charge in [0, 0.05) is 14.7 Å². The summed E-state index contributed by atoms with van der Waals surface area (Å²) in [6, 6.07) is 19.4. The summed E-state index contributed by atoms with van der Waals surface area (Å²) in [4.78, 5) is 56.7. The van der Waals surface area contributed by atoms with E-state index in [4.69, 9.17) is 4.74 Å². The standard InChI is InChI=1S/C28H20INO5/c1-14-10-11-20(15(2)12-14)30-26(33)21-22(27(30)34)28(35-23(21)16-6-5-7-17(29)13-16)24(31)18-8-3-4-9-19(18)25(28)32/h3-13,21-23H,1-2H3/t21-,22+,23-/m1/s1. The first-order valence-corrected chi connectivity index (χ1v) is 12.4. The van der Waals surface area contributed by atoms with Crippen LogP contribution < -0.4 is 4.90 Å². The Morgan fingerprint density at radius 1 is 0.829 bits per heavy atom. The van der Waals surface area contributed by atoms with Gasteiger partial charge >= 0.3 is 0 Å². The summed E-state index contributed by atoms with van der Waals surface area (Å²) in [5.74, 6) is -4.37. The number of carbonyl (C=O) groups is 4. The van der Waals surface area contributed by atoms with Gasteiger partial charge in [-0.05, 0) is 65.8 Å². The van der Waals surface area contributed by atoms with Gasteiger partial charge in [-0.25, -0.2) is 4.90 Å². The van der Waals surface area contributed by atoms with Gasteiger partial charge in [-0.15, -0.1) is 0 Å². The molecule has 1 aliphatic carbocycles. The van der Waals surface area contributed by atoms with Crippen molar-refractivity contribution in [3.8, 4) is 0 Å². The van der Waals surface area contributed by atoms with Crippen molar-refractivity contribution >= 4 is 51.7 Å². The van der Waals surface area contributed by atoms with Crippen LogP contribution >= 0.6 is 22.6 Å². The maximum atomic E-state index is 14.0. The van der Waals surface area contributed by atoms with E-state index in [2.05, 4.69) is 22.6 Å². The smallest absolute Gasteiger partial charge is 0.241 e. The molecule has 2 aliphatic heterocycles. The Morgan fingerprint density at radius 2 is 1.51 bits per heavy atom. The van der Waals surface area contributed by atoms with Crippen LogP contribution in [0.2, 0.25) is 0 Å². The van der Waals surface area contributed by atoms with E-state index in [1.165, 1.54) is 0 Å². The van der Waals surface area contributed by atoms with Gasteiger partial charge in [0.15, 0.2) is 0 Å². The van der Waals surface area contributed by atoms with Gasteiger partial charge in [0.25, 0.3) is 0 Å². The third-order valence-corrected chi connectivity index (χ3v) is 7.96. The Kier molecular flexibility index (Phi) is 4.88. The topological polar surface area (TPSA) is 80.8 Å². The third kappa shape index (κ3) is 2.91. The van der Waals surface area contributed by atoms with Crippen molar-refractivity contribution in [3.05, 3.63) is 98.1 Å². The quantitative estimate of drug-likeness (QED) is 0.253. The summed E-state index contributed by atoms with van der Waals surface area (Å²) >= 11 is 2.16. The highest BCUT2D eigenvalue weighted by Crippen LogP contribution is 2.57. The molecule has 1 spiro atoms. The fourth-order valence-electron chi connectivity index (χ4n) is 5.80. The molecule has 174 valence electrons. The number of imide groups is 1. The molecule has 0 saturated carbocycles. The molecule has 3 aromatic carbocycles. The van der Waals surface area contributed by atoms with E-state index in [0.29, 0.717) is 11.3 Å². The first-order valence-electron chi connectivity index (χ1n) is 11.3. The number of amides is 2. The molecule has 2 heterocycles. The number of ether oxygens (including phenoxy) is 1. The number of nitrogens with zero attached hydrogens (tertiary/aromatic N) is 1. The maximum Gasteiger partial charge on any atom is 0.241 e. The summed E-state index contributed by atoms with van der Waals surface area (Å²) in [6.07, 6.45) is -0.913. The Balaban J connectivity index is 1.56. The first-order chi connectivity index (χ1) is 16.8. The predicted molar refractivity (Wildman–Crippen MR) is 136 cm³/mol. The summed E-state index contributed by atoms with van der Waals surface area (Å²) in [7, 11) is 0. The van der Waals surface area contributed by atoms with E-state index < -0.39 is 46.9 Å². The van der Waals surface area contributed by atoms with Gasteiger partial charge in [0.2, 0.25) is 29.0 Å². The van der Waals surface area contributed by atoms with Crippen LogP contribution in [0, 0.1) is 29.3 Å². The number of anilines is 1. The number of fused-ring (bicyclic) bond motifs is 3. The van der Waals surface area contributed by atoms with Gasteiger partial charge in [-0.2, -0.15) is 0 Å². The highest BCUT2D eigenvalue weighted by Gasteiger charge is 2.74. The molecule has 0 bridgehead atoms. The van der Waals surface area contributed by atoms with Crippen molar-refractivity contribution < 1.29 is 23.9 Å². The molecular weight excluding hydrogens is 557 g/mol. The highest BCUT2D eigenvalue weighted by atomic mass is 127. The van der Waals surface area contributed by atoms with Gasteiger partial charge in [-0.3, -0.25) is 19.2 Å². The van der Waals surface area contributed by atoms with Crippen LogP contribution in [0.25, 0.3) is 0 Å². The van der Waals surface area contributed by atoms with E-state index >= 15 is 0 Å². The molecule has 0 N–H and O–H groups in total. The summed E-state index contributed by atoms with van der Waals surface area (Å²) in [6.45, 7) is 3.77. The van der Waals surface area contributed by atoms with E-state index in [9.17, 15) is 19.2 Å². The molecule has 3 atom stereocenters. The zero-order valence-electron chi connectivity index (χ0n) is 18.9. The molecule has 2 saturated heterocycles. The number of hydrogen-bond acceptors (Lipinski definition) is 5. The average molecular weight is 577 g/mol. The number of benzene rings is 3. The van der Waals surface area contributed by atoms with Crippen LogP contribution in [0.15, 0.2) is 66.7 Å². The monoisotopic (exact) mass is 577 g/mol. The third-order valence-electron chi connectivity index (χ3n) is 7.29. The normalized spacial score (nSPS) is 24.4. The molecule has 0 unspecified atom stereocenters. The number of rotatable bonds is 2. The molecule has 3 aromatic rings. The fourth-order valence-corrected chi connectivity index (χ4v) is 6.36. The molecule has 6 rings (SSSR count). The lowest BCUT2D eigenvalue weighted by Crippen LogP contribution is -2.51. The number of Topliss-reactive ketones (excluding diaryl/α,β-unsaturated/α-hetero) is 2. The van der Waals surface area contributed by atoms with Crippen LogP contribution in [0.4, 0.5) is 5.69 Å². The van der Waals surface area contributed by atoms with Crippen molar-refractivity contribution in [1.29, 1.82) is 0 Å². The minimum absolute atomic E-state index is 0.227. The zero-order chi connectivity index (χ0) is 24.6. The highest BCUT2D eigenvalue weighted by molar-refractivity contribution is 14.1. The van der Waals surface area contributed by atoms with Crippen molar-refractivity contribution in [3.63, 3.8) is 0 Å². The van der Waals surface area contributed by atoms with Crippen LogP contribution in [-0.4, -0.2) is 29.0 Å². The molecule has 6 nitrogen and oxygen atoms in total. The van der Waals surface area contributed by atoms with Crippen LogP contribution in [0.5, 0.6) is 0 Å². The molecule has 7 heteroatoms. The number of ketones is 2. The van der Waals surface area contributed by atoms with Crippen molar-refractivity contribution in [2.45, 2.75) is 25.6 Å². The van der Waals surface area contributed by atoms with E-state index in [1.807, 2.05) is 44.2 Å². The van der Waals surface area contributed by atoms with Gasteiger partial charge in [0.05, 0.1) is 23.6 Å².